The molecule has 1 aromatic rings. The van der Waals surface area contributed by atoms with E-state index in [0.717, 1.165) is 31.4 Å². The Labute approximate surface area is 126 Å². The number of nitrogens with zero attached hydrogens (tertiary/aromatic N) is 3. The molecule has 1 aromatic heterocycles. The van der Waals surface area contributed by atoms with Crippen LogP contribution in [0.25, 0.3) is 0 Å². The maximum absolute atomic E-state index is 12.0. The number of hydrogen-bond acceptors (Lipinski definition) is 3. The van der Waals surface area contributed by atoms with Crippen LogP contribution in [-0.4, -0.2) is 33.8 Å². The average molecular weight is 287 g/mol. The third kappa shape index (κ3) is 2.91. The quantitative estimate of drug-likeness (QED) is 0.853. The van der Waals surface area contributed by atoms with Crippen molar-refractivity contribution >= 4 is 0 Å². The van der Waals surface area contributed by atoms with Crippen molar-refractivity contribution in [2.24, 2.45) is 5.92 Å². The SMILES string of the molecule is O=c1ccc(C2CC2)nn1CC1CN(C2CCCCC2)C1. The van der Waals surface area contributed by atoms with Crippen LogP contribution in [0.1, 0.15) is 56.6 Å². The van der Waals surface area contributed by atoms with Gasteiger partial charge in [-0.15, -0.1) is 0 Å². The van der Waals surface area contributed by atoms with Crippen molar-refractivity contribution in [3.05, 3.63) is 28.2 Å². The summed E-state index contributed by atoms with van der Waals surface area (Å²) in [7, 11) is 0. The van der Waals surface area contributed by atoms with E-state index in [0.29, 0.717) is 11.8 Å². The third-order valence-electron chi connectivity index (χ3n) is 5.39. The molecule has 4 nitrogen and oxygen atoms in total. The monoisotopic (exact) mass is 287 g/mol. The van der Waals surface area contributed by atoms with Crippen LogP contribution in [0.15, 0.2) is 16.9 Å². The molecule has 114 valence electrons. The van der Waals surface area contributed by atoms with Crippen LogP contribution in [-0.2, 0) is 6.54 Å². The molecule has 0 spiro atoms. The number of likely N-dealkylation sites (tertiary alicyclic amines) is 1. The van der Waals surface area contributed by atoms with Crippen LogP contribution in [0.2, 0.25) is 0 Å². The van der Waals surface area contributed by atoms with Crippen LogP contribution in [0.4, 0.5) is 0 Å². The van der Waals surface area contributed by atoms with Crippen molar-refractivity contribution in [2.45, 2.75) is 63.5 Å². The molecular formula is C17H25N3O. The lowest BCUT2D eigenvalue weighted by Gasteiger charge is -2.45. The molecule has 0 aromatic carbocycles. The highest BCUT2D eigenvalue weighted by molar-refractivity contribution is 5.12. The van der Waals surface area contributed by atoms with Crippen molar-refractivity contribution in [1.82, 2.24) is 14.7 Å². The summed E-state index contributed by atoms with van der Waals surface area (Å²) in [5.41, 5.74) is 1.19. The Hall–Kier alpha value is -1.16. The van der Waals surface area contributed by atoms with Gasteiger partial charge in [0.05, 0.1) is 12.2 Å². The fraction of sp³-hybridized carbons (Fsp3) is 0.765. The molecule has 0 bridgehead atoms. The van der Waals surface area contributed by atoms with Gasteiger partial charge in [-0.2, -0.15) is 5.10 Å². The van der Waals surface area contributed by atoms with Gasteiger partial charge in [0.1, 0.15) is 0 Å². The fourth-order valence-electron chi connectivity index (χ4n) is 3.91. The average Bonchev–Trinajstić information content (AvgIpc) is 3.29. The van der Waals surface area contributed by atoms with E-state index < -0.39 is 0 Å². The van der Waals surface area contributed by atoms with E-state index in [1.807, 2.05) is 6.07 Å². The van der Waals surface area contributed by atoms with E-state index >= 15 is 0 Å². The second-order valence-electron chi connectivity index (χ2n) is 7.16. The zero-order valence-corrected chi connectivity index (χ0v) is 12.7. The predicted octanol–water partition coefficient (Wildman–Crippen LogP) is 2.39. The molecule has 2 saturated carbocycles. The first-order chi connectivity index (χ1) is 10.3. The molecule has 4 heteroatoms. The van der Waals surface area contributed by atoms with E-state index in [-0.39, 0.29) is 5.56 Å². The molecule has 2 aliphatic carbocycles. The van der Waals surface area contributed by atoms with Gasteiger partial charge >= 0.3 is 0 Å². The molecule has 0 amide bonds. The third-order valence-corrected chi connectivity index (χ3v) is 5.39. The van der Waals surface area contributed by atoms with Gasteiger partial charge in [0, 0.05) is 37.0 Å². The van der Waals surface area contributed by atoms with Crippen LogP contribution in [0.3, 0.4) is 0 Å². The molecule has 3 fully saturated rings. The highest BCUT2D eigenvalue weighted by Gasteiger charge is 2.33. The first kappa shape index (κ1) is 13.5. The molecule has 0 unspecified atom stereocenters. The van der Waals surface area contributed by atoms with Gasteiger partial charge in [-0.3, -0.25) is 9.69 Å². The molecule has 0 atom stereocenters. The van der Waals surface area contributed by atoms with Crippen molar-refractivity contribution in [1.29, 1.82) is 0 Å². The molecule has 0 radical (unpaired) electrons. The lowest BCUT2D eigenvalue weighted by Crippen LogP contribution is -2.54. The first-order valence-corrected chi connectivity index (χ1v) is 8.62. The lowest BCUT2D eigenvalue weighted by atomic mass is 9.89. The normalized spacial score (nSPS) is 25.0. The van der Waals surface area contributed by atoms with Crippen LogP contribution < -0.4 is 5.56 Å². The Bertz CT molecular complexity index is 551. The molecule has 1 aliphatic heterocycles. The van der Waals surface area contributed by atoms with Gasteiger partial charge in [-0.05, 0) is 31.7 Å². The molecular weight excluding hydrogens is 262 g/mol. The van der Waals surface area contributed by atoms with Crippen LogP contribution in [0, 0.1) is 5.92 Å². The summed E-state index contributed by atoms with van der Waals surface area (Å²) in [6.45, 7) is 3.13. The Kier molecular flexibility index (Phi) is 3.57. The molecule has 21 heavy (non-hydrogen) atoms. The van der Waals surface area contributed by atoms with Gasteiger partial charge < -0.3 is 0 Å². The lowest BCUT2D eigenvalue weighted by molar-refractivity contribution is 0.0249. The molecule has 2 heterocycles. The highest BCUT2D eigenvalue weighted by atomic mass is 16.1. The summed E-state index contributed by atoms with van der Waals surface area (Å²) in [5.74, 6) is 1.24. The minimum absolute atomic E-state index is 0.0653. The van der Waals surface area contributed by atoms with Gasteiger partial charge in [0.15, 0.2) is 0 Å². The zero-order valence-electron chi connectivity index (χ0n) is 12.7. The Balaban J connectivity index is 1.35. The summed E-state index contributed by atoms with van der Waals surface area (Å²) >= 11 is 0. The molecule has 3 aliphatic rings. The van der Waals surface area contributed by atoms with Crippen molar-refractivity contribution in [3.8, 4) is 0 Å². The Morgan fingerprint density at radius 2 is 1.81 bits per heavy atom. The summed E-state index contributed by atoms with van der Waals surface area (Å²) < 4.78 is 1.72. The van der Waals surface area contributed by atoms with E-state index in [9.17, 15) is 4.79 Å². The summed E-state index contributed by atoms with van der Waals surface area (Å²) in [4.78, 5) is 14.6. The number of aromatic nitrogens is 2. The molecule has 4 rings (SSSR count). The largest absolute Gasteiger partial charge is 0.300 e. The second-order valence-corrected chi connectivity index (χ2v) is 7.16. The standard InChI is InChI=1S/C17H25N3O/c21-17-9-8-16(14-6-7-14)18-20(17)12-13-10-19(11-13)15-4-2-1-3-5-15/h8-9,13-15H,1-7,10-12H2. The molecule has 0 N–H and O–H groups in total. The second kappa shape index (κ2) is 5.56. The number of rotatable bonds is 4. The van der Waals surface area contributed by atoms with Crippen molar-refractivity contribution in [2.75, 3.05) is 13.1 Å². The van der Waals surface area contributed by atoms with Gasteiger partial charge in [-0.25, -0.2) is 4.68 Å². The van der Waals surface area contributed by atoms with Gasteiger partial charge in [0.2, 0.25) is 0 Å². The van der Waals surface area contributed by atoms with Crippen LogP contribution in [0.5, 0.6) is 0 Å². The smallest absolute Gasteiger partial charge is 0.266 e. The van der Waals surface area contributed by atoms with Gasteiger partial charge in [-0.1, -0.05) is 19.3 Å². The van der Waals surface area contributed by atoms with Crippen molar-refractivity contribution in [3.63, 3.8) is 0 Å². The summed E-state index contributed by atoms with van der Waals surface area (Å²) in [6, 6.07) is 4.45. The van der Waals surface area contributed by atoms with Gasteiger partial charge in [0.25, 0.3) is 5.56 Å². The maximum Gasteiger partial charge on any atom is 0.266 e. The number of hydrogen-bond donors (Lipinski definition) is 0. The summed E-state index contributed by atoms with van der Waals surface area (Å²) in [5, 5.41) is 4.58. The minimum Gasteiger partial charge on any atom is -0.300 e. The zero-order chi connectivity index (χ0) is 14.2. The molecule has 1 saturated heterocycles. The highest BCUT2D eigenvalue weighted by Crippen LogP contribution is 2.38. The fourth-order valence-corrected chi connectivity index (χ4v) is 3.91. The van der Waals surface area contributed by atoms with E-state index in [2.05, 4.69) is 10.00 Å². The van der Waals surface area contributed by atoms with Crippen molar-refractivity contribution < 1.29 is 0 Å². The van der Waals surface area contributed by atoms with E-state index in [1.54, 1.807) is 10.7 Å². The Morgan fingerprint density at radius 3 is 2.52 bits per heavy atom. The van der Waals surface area contributed by atoms with E-state index in [4.69, 9.17) is 0 Å². The van der Waals surface area contributed by atoms with E-state index in [1.165, 1.54) is 44.9 Å². The topological polar surface area (TPSA) is 38.1 Å². The first-order valence-electron chi connectivity index (χ1n) is 8.62. The minimum atomic E-state index is 0.0653. The Morgan fingerprint density at radius 1 is 1.05 bits per heavy atom. The van der Waals surface area contributed by atoms with Crippen LogP contribution >= 0.6 is 0 Å². The maximum atomic E-state index is 12.0. The predicted molar refractivity (Wildman–Crippen MR) is 82.4 cm³/mol. The summed E-state index contributed by atoms with van der Waals surface area (Å²) in [6.07, 6.45) is 9.45.